The van der Waals surface area contributed by atoms with Gasteiger partial charge in [0.15, 0.2) is 5.56 Å². The maximum absolute atomic E-state index is 12.6. The lowest BCUT2D eigenvalue weighted by atomic mass is 10.2. The first kappa shape index (κ1) is 18.2. The summed E-state index contributed by atoms with van der Waals surface area (Å²) in [5.74, 6) is 0.451. The van der Waals surface area contributed by atoms with E-state index in [-0.39, 0.29) is 11.4 Å². The highest BCUT2D eigenvalue weighted by atomic mass is 16.5. The molecule has 1 aromatic carbocycles. The van der Waals surface area contributed by atoms with Crippen molar-refractivity contribution in [3.05, 3.63) is 47.7 Å². The number of nitrogens with zero attached hydrogens (tertiary/aromatic N) is 2. The molecule has 1 aliphatic rings. The van der Waals surface area contributed by atoms with Crippen LogP contribution in [0.3, 0.4) is 0 Å². The fraction of sp³-hybridized carbons (Fsp3) is 0.368. The number of hydrogen-bond donors (Lipinski definition) is 1. The third kappa shape index (κ3) is 4.30. The Morgan fingerprint density at radius 1 is 1.19 bits per heavy atom. The van der Waals surface area contributed by atoms with E-state index < -0.39 is 5.97 Å². The van der Waals surface area contributed by atoms with Crippen molar-refractivity contribution < 1.29 is 19.0 Å². The Morgan fingerprint density at radius 2 is 2.00 bits per heavy atom. The second-order valence-electron chi connectivity index (χ2n) is 5.96. The summed E-state index contributed by atoms with van der Waals surface area (Å²) in [5.41, 5.74) is 1.27. The van der Waals surface area contributed by atoms with Crippen molar-refractivity contribution in [3.8, 4) is 17.4 Å². The molecule has 0 radical (unpaired) electrons. The summed E-state index contributed by atoms with van der Waals surface area (Å²) < 4.78 is 15.9. The first-order chi connectivity index (χ1) is 12.7. The van der Waals surface area contributed by atoms with Gasteiger partial charge in [-0.15, -0.1) is 0 Å². The molecule has 1 aromatic heterocycles. The molecule has 138 valence electrons. The lowest BCUT2D eigenvalue weighted by Crippen LogP contribution is -2.42. The number of aromatic nitrogens is 1. The van der Waals surface area contributed by atoms with Gasteiger partial charge < -0.3 is 19.5 Å². The average Bonchev–Trinajstić information content (AvgIpc) is 2.68. The van der Waals surface area contributed by atoms with Crippen LogP contribution in [0.2, 0.25) is 0 Å². The lowest BCUT2D eigenvalue weighted by molar-refractivity contribution is 0.0726. The third-order valence-electron chi connectivity index (χ3n) is 4.22. The van der Waals surface area contributed by atoms with Gasteiger partial charge in [0.25, 0.3) is 0 Å². The van der Waals surface area contributed by atoms with Crippen molar-refractivity contribution in [2.24, 2.45) is 0 Å². The van der Waals surface area contributed by atoms with Crippen LogP contribution in [-0.2, 0) is 6.54 Å². The predicted molar refractivity (Wildman–Crippen MR) is 96.9 cm³/mol. The molecule has 1 fully saturated rings. The van der Waals surface area contributed by atoms with E-state index >= 15 is 0 Å². The number of methoxy groups -OCH3 is 2. The molecule has 1 saturated heterocycles. The van der Waals surface area contributed by atoms with E-state index in [9.17, 15) is 4.79 Å². The van der Waals surface area contributed by atoms with Crippen LogP contribution in [0.5, 0.6) is 17.4 Å². The summed E-state index contributed by atoms with van der Waals surface area (Å²) in [6.07, 6.45) is 1.52. The summed E-state index contributed by atoms with van der Waals surface area (Å²) in [6.45, 7) is 4.83. The van der Waals surface area contributed by atoms with Crippen molar-refractivity contribution in [2.75, 3.05) is 40.4 Å². The minimum absolute atomic E-state index is 0.171. The molecule has 0 saturated carbocycles. The second kappa shape index (κ2) is 8.64. The van der Waals surface area contributed by atoms with Gasteiger partial charge in [-0.2, -0.15) is 0 Å². The van der Waals surface area contributed by atoms with Crippen molar-refractivity contribution in [1.82, 2.24) is 15.2 Å². The third-order valence-corrected chi connectivity index (χ3v) is 4.22. The number of piperazine rings is 1. The minimum atomic E-state index is -0.564. The fourth-order valence-electron chi connectivity index (χ4n) is 2.93. The van der Waals surface area contributed by atoms with E-state index in [0.717, 1.165) is 38.3 Å². The standard InChI is InChI=1S/C19H23N3O4/c1-24-16-6-7-21-18(25-2)17(16)19(23)26-15-5-3-4-14(12-15)13-22-10-8-20-9-11-22/h3-7,12,20H,8-11,13H2,1-2H3. The maximum atomic E-state index is 12.6. The first-order valence-corrected chi connectivity index (χ1v) is 8.52. The van der Waals surface area contributed by atoms with Crippen LogP contribution in [0.15, 0.2) is 36.5 Å². The highest BCUT2D eigenvalue weighted by molar-refractivity contribution is 5.96. The van der Waals surface area contributed by atoms with Gasteiger partial charge in [0.05, 0.1) is 14.2 Å². The number of pyridine rings is 1. The zero-order chi connectivity index (χ0) is 18.4. The normalized spacial score (nSPS) is 14.7. The van der Waals surface area contributed by atoms with Crippen LogP contribution in [0.1, 0.15) is 15.9 Å². The van der Waals surface area contributed by atoms with Crippen LogP contribution >= 0.6 is 0 Å². The van der Waals surface area contributed by atoms with E-state index in [1.807, 2.05) is 18.2 Å². The van der Waals surface area contributed by atoms with Gasteiger partial charge in [-0.3, -0.25) is 4.90 Å². The van der Waals surface area contributed by atoms with Crippen LogP contribution in [0, 0.1) is 0 Å². The maximum Gasteiger partial charge on any atom is 0.352 e. The molecule has 3 rings (SSSR count). The molecule has 0 unspecified atom stereocenters. The number of hydrogen-bond acceptors (Lipinski definition) is 7. The van der Waals surface area contributed by atoms with Crippen LogP contribution in [0.25, 0.3) is 0 Å². The van der Waals surface area contributed by atoms with Gasteiger partial charge in [0, 0.05) is 38.9 Å². The Labute approximate surface area is 152 Å². The van der Waals surface area contributed by atoms with E-state index in [1.54, 1.807) is 12.1 Å². The number of ether oxygens (including phenoxy) is 3. The number of esters is 1. The molecular formula is C19H23N3O4. The van der Waals surface area contributed by atoms with Crippen LogP contribution in [0.4, 0.5) is 0 Å². The zero-order valence-electron chi connectivity index (χ0n) is 15.0. The highest BCUT2D eigenvalue weighted by Gasteiger charge is 2.22. The number of benzene rings is 1. The Bertz CT molecular complexity index is 738. The molecule has 0 aliphatic carbocycles. The molecule has 2 heterocycles. The van der Waals surface area contributed by atoms with Gasteiger partial charge in [0.2, 0.25) is 5.88 Å². The molecule has 0 amide bonds. The predicted octanol–water partition coefficient (Wildman–Crippen LogP) is 1.72. The van der Waals surface area contributed by atoms with Crippen molar-refractivity contribution in [1.29, 1.82) is 0 Å². The van der Waals surface area contributed by atoms with Gasteiger partial charge in [-0.25, -0.2) is 9.78 Å². The lowest BCUT2D eigenvalue weighted by Gasteiger charge is -2.27. The van der Waals surface area contributed by atoms with E-state index in [1.165, 1.54) is 20.4 Å². The highest BCUT2D eigenvalue weighted by Crippen LogP contribution is 2.27. The summed E-state index contributed by atoms with van der Waals surface area (Å²) >= 11 is 0. The monoisotopic (exact) mass is 357 g/mol. The SMILES string of the molecule is COc1ccnc(OC)c1C(=O)Oc1cccc(CN2CCNCC2)c1. The summed E-state index contributed by atoms with van der Waals surface area (Å²) in [5, 5.41) is 3.34. The Kier molecular flexibility index (Phi) is 6.04. The summed E-state index contributed by atoms with van der Waals surface area (Å²) in [4.78, 5) is 19.0. The minimum Gasteiger partial charge on any atom is -0.496 e. The average molecular weight is 357 g/mol. The Balaban J connectivity index is 1.75. The molecule has 0 bridgehead atoms. The molecule has 0 spiro atoms. The van der Waals surface area contributed by atoms with E-state index in [4.69, 9.17) is 14.2 Å². The van der Waals surface area contributed by atoms with Gasteiger partial charge in [-0.05, 0) is 23.8 Å². The number of carbonyl (C=O) groups is 1. The van der Waals surface area contributed by atoms with Crippen molar-refractivity contribution in [3.63, 3.8) is 0 Å². The molecular weight excluding hydrogens is 334 g/mol. The number of nitrogens with one attached hydrogen (secondary N) is 1. The van der Waals surface area contributed by atoms with Gasteiger partial charge >= 0.3 is 5.97 Å². The van der Waals surface area contributed by atoms with Crippen molar-refractivity contribution >= 4 is 5.97 Å². The molecule has 2 aromatic rings. The van der Waals surface area contributed by atoms with Crippen LogP contribution in [-0.4, -0.2) is 56.3 Å². The van der Waals surface area contributed by atoms with E-state index in [0.29, 0.717) is 11.5 Å². The molecule has 26 heavy (non-hydrogen) atoms. The Hall–Kier alpha value is -2.64. The number of carbonyl (C=O) groups excluding carboxylic acids is 1. The zero-order valence-corrected chi connectivity index (χ0v) is 15.0. The Morgan fingerprint density at radius 3 is 2.73 bits per heavy atom. The molecule has 0 atom stereocenters. The molecule has 7 heteroatoms. The quantitative estimate of drug-likeness (QED) is 0.623. The largest absolute Gasteiger partial charge is 0.496 e. The van der Waals surface area contributed by atoms with Crippen molar-refractivity contribution in [2.45, 2.75) is 6.54 Å². The smallest absolute Gasteiger partial charge is 0.352 e. The fourth-order valence-corrected chi connectivity index (χ4v) is 2.93. The molecule has 1 aliphatic heterocycles. The summed E-state index contributed by atoms with van der Waals surface area (Å²) in [7, 11) is 2.94. The van der Waals surface area contributed by atoms with E-state index in [2.05, 4.69) is 15.2 Å². The summed E-state index contributed by atoms with van der Waals surface area (Å²) in [6, 6.07) is 9.16. The van der Waals surface area contributed by atoms with Gasteiger partial charge in [0.1, 0.15) is 11.5 Å². The topological polar surface area (TPSA) is 72.9 Å². The van der Waals surface area contributed by atoms with Gasteiger partial charge in [-0.1, -0.05) is 12.1 Å². The second-order valence-corrected chi connectivity index (χ2v) is 5.96. The number of rotatable bonds is 6. The van der Waals surface area contributed by atoms with Crippen LogP contribution < -0.4 is 19.5 Å². The molecule has 7 nitrogen and oxygen atoms in total. The molecule has 1 N–H and O–H groups in total. The first-order valence-electron chi connectivity index (χ1n) is 8.52.